The third-order valence-corrected chi connectivity index (χ3v) is 9.68. The first kappa shape index (κ1) is 17.3. The van der Waals surface area contributed by atoms with Crippen molar-refractivity contribution in [2.45, 2.75) is 88.3 Å². The number of hydrogen-bond acceptors (Lipinski definition) is 6. The van der Waals surface area contributed by atoms with Crippen LogP contribution in [0.2, 0.25) is 0 Å². The van der Waals surface area contributed by atoms with E-state index in [0.717, 1.165) is 64.2 Å². The highest BCUT2D eigenvalue weighted by Crippen LogP contribution is 2.76. The van der Waals surface area contributed by atoms with Gasteiger partial charge in [-0.1, -0.05) is 0 Å². The molecule has 8 rings (SSSR count). The van der Waals surface area contributed by atoms with Crippen molar-refractivity contribution in [2.24, 2.45) is 34.5 Å². The lowest BCUT2D eigenvalue weighted by Crippen LogP contribution is -2.68. The molecule has 28 heavy (non-hydrogen) atoms. The van der Waals surface area contributed by atoms with Crippen LogP contribution >= 0.6 is 0 Å². The van der Waals surface area contributed by atoms with Crippen LogP contribution in [0.5, 0.6) is 0 Å². The van der Waals surface area contributed by atoms with Gasteiger partial charge in [-0.3, -0.25) is 0 Å². The summed E-state index contributed by atoms with van der Waals surface area (Å²) < 4.78 is 0. The van der Waals surface area contributed by atoms with Crippen LogP contribution in [0.25, 0.3) is 0 Å². The number of rotatable bonds is 5. The van der Waals surface area contributed by atoms with Gasteiger partial charge < -0.3 is 9.68 Å². The molecule has 0 aliphatic heterocycles. The van der Waals surface area contributed by atoms with Gasteiger partial charge in [-0.2, -0.15) is 0 Å². The van der Waals surface area contributed by atoms with Gasteiger partial charge in [0.2, 0.25) is 0 Å². The highest BCUT2D eigenvalue weighted by atomic mass is 17.0. The van der Waals surface area contributed by atoms with E-state index in [0.29, 0.717) is 23.7 Å². The maximum Gasteiger partial charge on any atom is 0.295 e. The van der Waals surface area contributed by atoms with E-state index < -0.39 is 21.4 Å². The fourth-order valence-electron chi connectivity index (χ4n) is 10.1. The van der Waals surface area contributed by atoms with Crippen LogP contribution < -0.4 is 0 Å². The smallest absolute Gasteiger partial charge is 0.295 e. The summed E-state index contributed by atoms with van der Waals surface area (Å²) >= 11 is 0. The number of hydrogen-bond donors (Lipinski definition) is 0. The van der Waals surface area contributed by atoms with E-state index in [-0.39, 0.29) is 10.8 Å². The highest BCUT2D eigenvalue weighted by Gasteiger charge is 2.71. The van der Waals surface area contributed by atoms with Crippen molar-refractivity contribution >= 4 is 0 Å². The molecule has 0 spiro atoms. The summed E-state index contributed by atoms with van der Waals surface area (Å²) in [6.45, 7) is 0. The van der Waals surface area contributed by atoms with Crippen molar-refractivity contribution in [3.05, 3.63) is 20.2 Å². The molecule has 8 nitrogen and oxygen atoms in total. The second-order valence-corrected chi connectivity index (χ2v) is 11.5. The molecule has 8 aliphatic rings. The van der Waals surface area contributed by atoms with Crippen molar-refractivity contribution in [1.29, 1.82) is 0 Å². The van der Waals surface area contributed by atoms with Gasteiger partial charge in [-0.15, -0.1) is 20.2 Å². The Morgan fingerprint density at radius 1 is 0.607 bits per heavy atom. The minimum atomic E-state index is -0.617. The minimum Gasteiger partial charge on any atom is -0.307 e. The highest BCUT2D eigenvalue weighted by molar-refractivity contribution is 5.20. The molecular weight excluding hydrogens is 364 g/mol. The second kappa shape index (κ2) is 5.11. The summed E-state index contributed by atoms with van der Waals surface area (Å²) in [6.07, 6.45) is 11.6. The molecule has 8 saturated carbocycles. The molecule has 4 unspecified atom stereocenters. The molecule has 0 amide bonds. The summed E-state index contributed by atoms with van der Waals surface area (Å²) in [4.78, 5) is 33.4. The topological polar surface area (TPSA) is 105 Å². The standard InChI is InChI=1S/C20H28N2O6/c23-21(24)27-19-7-13-1-14(8-19)4-17(3-13,11-19)18-5-15-2-16(6-18)10-20(9-15,12-18)28-22(25)26/h13-16H,1-12H2. The van der Waals surface area contributed by atoms with Gasteiger partial charge in [0, 0.05) is 0 Å². The molecule has 8 bridgehead atoms. The third kappa shape index (κ3) is 2.23. The lowest BCUT2D eigenvalue weighted by atomic mass is 9.34. The first-order chi connectivity index (χ1) is 13.2. The molecular formula is C20H28N2O6. The van der Waals surface area contributed by atoms with E-state index in [2.05, 4.69) is 0 Å². The van der Waals surface area contributed by atoms with Crippen molar-refractivity contribution < 1.29 is 19.8 Å². The van der Waals surface area contributed by atoms with Gasteiger partial charge in [-0.05, 0) is 112 Å². The SMILES string of the molecule is O=[N+]([O-])OC12CC3CC(C1)CC(C14CC5CC(CC(O[N+](=O)[O-])(C5)C1)C4)(C3)C2. The molecule has 0 aromatic rings. The maximum atomic E-state index is 11.3. The normalized spacial score (nSPS) is 55.3. The summed E-state index contributed by atoms with van der Waals surface area (Å²) in [6, 6.07) is 0. The minimum absolute atomic E-state index is 0.0378. The quantitative estimate of drug-likeness (QED) is 0.516. The van der Waals surface area contributed by atoms with Gasteiger partial charge in [0.05, 0.1) is 0 Å². The third-order valence-electron chi connectivity index (χ3n) is 9.68. The average molecular weight is 392 g/mol. The molecule has 0 heterocycles. The monoisotopic (exact) mass is 392 g/mol. The first-order valence-electron chi connectivity index (χ1n) is 10.9. The van der Waals surface area contributed by atoms with E-state index >= 15 is 0 Å². The van der Waals surface area contributed by atoms with Crippen molar-refractivity contribution in [2.75, 3.05) is 0 Å². The zero-order valence-electron chi connectivity index (χ0n) is 16.1. The Morgan fingerprint density at radius 2 is 0.929 bits per heavy atom. The zero-order valence-corrected chi connectivity index (χ0v) is 16.1. The van der Waals surface area contributed by atoms with Crippen molar-refractivity contribution in [3.63, 3.8) is 0 Å². The van der Waals surface area contributed by atoms with Crippen LogP contribution in [0.15, 0.2) is 0 Å². The van der Waals surface area contributed by atoms with Crippen LogP contribution in [0.1, 0.15) is 77.0 Å². The van der Waals surface area contributed by atoms with Crippen LogP contribution in [0, 0.1) is 54.7 Å². The van der Waals surface area contributed by atoms with E-state index in [9.17, 15) is 20.2 Å². The molecule has 154 valence electrons. The van der Waals surface area contributed by atoms with Crippen LogP contribution in [-0.4, -0.2) is 21.4 Å². The van der Waals surface area contributed by atoms with Crippen molar-refractivity contribution in [3.8, 4) is 0 Å². The molecule has 8 heteroatoms. The molecule has 0 N–H and O–H groups in total. The summed E-state index contributed by atoms with van der Waals surface area (Å²) in [5.74, 6) is 2.01. The lowest BCUT2D eigenvalue weighted by Gasteiger charge is -2.72. The Bertz CT molecular complexity index is 663. The van der Waals surface area contributed by atoms with Gasteiger partial charge in [-0.25, -0.2) is 0 Å². The molecule has 8 aliphatic carbocycles. The van der Waals surface area contributed by atoms with E-state index in [1.165, 1.54) is 12.8 Å². The van der Waals surface area contributed by atoms with Crippen LogP contribution in [0.4, 0.5) is 0 Å². The Morgan fingerprint density at radius 3 is 1.21 bits per heavy atom. The Balaban J connectivity index is 1.40. The predicted octanol–water partition coefficient (Wildman–Crippen LogP) is 4.08. The lowest BCUT2D eigenvalue weighted by molar-refractivity contribution is -0.788. The maximum absolute atomic E-state index is 11.3. The zero-order chi connectivity index (χ0) is 19.4. The molecule has 8 fully saturated rings. The van der Waals surface area contributed by atoms with Crippen molar-refractivity contribution in [1.82, 2.24) is 0 Å². The largest absolute Gasteiger partial charge is 0.307 e. The van der Waals surface area contributed by atoms with Crippen LogP contribution in [-0.2, 0) is 9.68 Å². The summed E-state index contributed by atoms with van der Waals surface area (Å²) in [5, 5.41) is 21.5. The Labute approximate surface area is 163 Å². The van der Waals surface area contributed by atoms with Gasteiger partial charge >= 0.3 is 0 Å². The average Bonchev–Trinajstić information content (AvgIpc) is 2.49. The fraction of sp³-hybridized carbons (Fsp3) is 1.00. The molecule has 0 aromatic heterocycles. The molecule has 4 atom stereocenters. The Hall–Kier alpha value is -1.60. The van der Waals surface area contributed by atoms with E-state index in [4.69, 9.17) is 9.68 Å². The fourth-order valence-corrected chi connectivity index (χ4v) is 10.1. The molecule has 0 saturated heterocycles. The van der Waals surface area contributed by atoms with E-state index in [1.807, 2.05) is 0 Å². The summed E-state index contributed by atoms with van der Waals surface area (Å²) in [7, 11) is 0. The van der Waals surface area contributed by atoms with Gasteiger partial charge in [0.1, 0.15) is 11.2 Å². The Kier molecular flexibility index (Phi) is 3.15. The summed E-state index contributed by atoms with van der Waals surface area (Å²) in [5.41, 5.74) is -1.16. The van der Waals surface area contributed by atoms with Crippen LogP contribution in [0.3, 0.4) is 0 Å². The van der Waals surface area contributed by atoms with E-state index in [1.54, 1.807) is 0 Å². The predicted molar refractivity (Wildman–Crippen MR) is 95.9 cm³/mol. The first-order valence-corrected chi connectivity index (χ1v) is 10.9. The van der Waals surface area contributed by atoms with Gasteiger partial charge in [0.15, 0.2) is 0 Å². The van der Waals surface area contributed by atoms with Gasteiger partial charge in [0.25, 0.3) is 10.2 Å². The second-order valence-electron chi connectivity index (χ2n) is 11.5. The number of nitrogens with zero attached hydrogens (tertiary/aromatic N) is 2. The molecule has 0 aromatic carbocycles. The molecule has 0 radical (unpaired) electrons.